The number of nitrogens with zero attached hydrogens (tertiary/aromatic N) is 2. The van der Waals surface area contributed by atoms with E-state index in [-0.39, 0.29) is 16.5 Å². The van der Waals surface area contributed by atoms with Crippen LogP contribution in [0.4, 0.5) is 4.39 Å². The van der Waals surface area contributed by atoms with E-state index in [4.69, 9.17) is 16.3 Å². The third-order valence-electron chi connectivity index (χ3n) is 5.12. The summed E-state index contributed by atoms with van der Waals surface area (Å²) in [4.78, 5) is 26.2. The molecule has 0 saturated heterocycles. The summed E-state index contributed by atoms with van der Waals surface area (Å²) in [5.41, 5.74) is 2.23. The van der Waals surface area contributed by atoms with Crippen LogP contribution in [0.15, 0.2) is 72.1 Å². The summed E-state index contributed by atoms with van der Waals surface area (Å²) in [7, 11) is 0. The van der Waals surface area contributed by atoms with E-state index in [1.165, 1.54) is 28.2 Å². The van der Waals surface area contributed by atoms with Crippen LogP contribution < -0.4 is 5.32 Å². The fourth-order valence-electron chi connectivity index (χ4n) is 3.48. The van der Waals surface area contributed by atoms with Crippen LogP contribution in [0, 0.1) is 12.7 Å². The smallest absolute Gasteiger partial charge is 0.343 e. The molecule has 2 aromatic heterocycles. The van der Waals surface area contributed by atoms with Crippen molar-refractivity contribution in [3.63, 3.8) is 0 Å². The molecule has 34 heavy (non-hydrogen) atoms. The lowest BCUT2D eigenvalue weighted by Gasteiger charge is -2.18. The number of amides is 1. The number of halogens is 2. The lowest BCUT2D eigenvalue weighted by atomic mass is 10.1. The minimum atomic E-state index is -0.730. The van der Waals surface area contributed by atoms with E-state index in [1.807, 2.05) is 47.8 Å². The van der Waals surface area contributed by atoms with Gasteiger partial charge in [0.05, 0.1) is 18.3 Å². The number of ether oxygens (including phenoxy) is 1. The number of aryl methyl sites for hydroxylation is 1. The molecule has 1 N–H and O–H groups in total. The second-order valence-electron chi connectivity index (χ2n) is 7.54. The van der Waals surface area contributed by atoms with Gasteiger partial charge in [-0.05, 0) is 41.6 Å². The van der Waals surface area contributed by atoms with Crippen molar-refractivity contribution in [1.82, 2.24) is 15.1 Å². The van der Waals surface area contributed by atoms with Crippen molar-refractivity contribution in [2.75, 3.05) is 6.61 Å². The Bertz CT molecular complexity index is 1280. The van der Waals surface area contributed by atoms with E-state index in [0.29, 0.717) is 17.8 Å². The lowest BCUT2D eigenvalue weighted by Crippen LogP contribution is -2.32. The molecular weight excluding hydrogens is 477 g/mol. The first-order valence-corrected chi connectivity index (χ1v) is 11.7. The Balaban J connectivity index is 1.42. The molecule has 4 rings (SSSR count). The predicted molar refractivity (Wildman–Crippen MR) is 129 cm³/mol. The van der Waals surface area contributed by atoms with E-state index in [2.05, 4.69) is 10.4 Å². The molecule has 1 atom stereocenters. The highest BCUT2D eigenvalue weighted by molar-refractivity contribution is 7.10. The fraction of sp³-hybridized carbons (Fsp3) is 0.160. The van der Waals surface area contributed by atoms with Gasteiger partial charge in [0.1, 0.15) is 16.5 Å². The molecule has 0 bridgehead atoms. The lowest BCUT2D eigenvalue weighted by molar-refractivity contribution is -0.124. The minimum Gasteiger partial charge on any atom is -0.452 e. The Kier molecular flexibility index (Phi) is 7.40. The average molecular weight is 498 g/mol. The van der Waals surface area contributed by atoms with Gasteiger partial charge < -0.3 is 10.1 Å². The summed E-state index contributed by atoms with van der Waals surface area (Å²) in [6.45, 7) is 1.56. The number of esters is 1. The number of hydrogen-bond acceptors (Lipinski definition) is 5. The van der Waals surface area contributed by atoms with Gasteiger partial charge in [-0.2, -0.15) is 5.10 Å². The number of nitrogens with one attached hydrogen (secondary N) is 1. The second-order valence-corrected chi connectivity index (χ2v) is 8.88. The first-order valence-electron chi connectivity index (χ1n) is 10.4. The van der Waals surface area contributed by atoms with Crippen LogP contribution in [0.25, 0.3) is 0 Å². The molecule has 2 heterocycles. The Morgan fingerprint density at radius 2 is 1.85 bits per heavy atom. The molecule has 0 aliphatic rings. The molecule has 0 saturated carbocycles. The molecule has 0 fully saturated rings. The Hall–Kier alpha value is -3.49. The molecular formula is C25H21ClFN3O3S. The van der Waals surface area contributed by atoms with Crippen molar-refractivity contribution in [3.8, 4) is 0 Å². The number of carbonyl (C=O) groups excluding carboxylic acids is 2. The van der Waals surface area contributed by atoms with Crippen LogP contribution in [-0.2, 0) is 16.1 Å². The zero-order valence-electron chi connectivity index (χ0n) is 18.2. The van der Waals surface area contributed by atoms with Crippen molar-refractivity contribution < 1.29 is 18.7 Å². The predicted octanol–water partition coefficient (Wildman–Crippen LogP) is 5.16. The summed E-state index contributed by atoms with van der Waals surface area (Å²) in [6.07, 6.45) is 0. The summed E-state index contributed by atoms with van der Waals surface area (Å²) >= 11 is 7.86. The number of benzene rings is 2. The van der Waals surface area contributed by atoms with Gasteiger partial charge in [0.15, 0.2) is 6.61 Å². The monoisotopic (exact) mass is 497 g/mol. The molecule has 2 aromatic carbocycles. The van der Waals surface area contributed by atoms with E-state index in [0.717, 1.165) is 10.4 Å². The van der Waals surface area contributed by atoms with Crippen molar-refractivity contribution in [3.05, 3.63) is 110 Å². The summed E-state index contributed by atoms with van der Waals surface area (Å²) in [5, 5.41) is 9.22. The molecule has 1 amide bonds. The highest BCUT2D eigenvalue weighted by atomic mass is 35.5. The Labute approximate surface area is 204 Å². The van der Waals surface area contributed by atoms with E-state index >= 15 is 0 Å². The molecule has 6 nitrogen and oxygen atoms in total. The normalized spacial score (nSPS) is 11.7. The maximum Gasteiger partial charge on any atom is 0.343 e. The van der Waals surface area contributed by atoms with Crippen molar-refractivity contribution in [1.29, 1.82) is 0 Å². The topological polar surface area (TPSA) is 73.2 Å². The van der Waals surface area contributed by atoms with Gasteiger partial charge in [-0.25, -0.2) is 13.9 Å². The molecule has 0 radical (unpaired) electrons. The standard InChI is InChI=1S/C25H21ClFN3O3S/c1-16-22(24(26)30(29-16)14-17-6-3-2-4-7-17)25(32)33-15-21(31)28-23(20-8-5-13-34-20)18-9-11-19(27)12-10-18/h2-13,23H,14-15H2,1H3,(H,28,31). The number of rotatable bonds is 8. The van der Waals surface area contributed by atoms with Gasteiger partial charge in [0.25, 0.3) is 5.91 Å². The summed E-state index contributed by atoms with van der Waals surface area (Å²) < 4.78 is 20.1. The third kappa shape index (κ3) is 5.52. The molecule has 1 unspecified atom stereocenters. The molecule has 9 heteroatoms. The van der Waals surface area contributed by atoms with Crippen LogP contribution in [-0.4, -0.2) is 28.3 Å². The maximum atomic E-state index is 13.4. The van der Waals surface area contributed by atoms with Gasteiger partial charge in [-0.15, -0.1) is 11.3 Å². The zero-order chi connectivity index (χ0) is 24.1. The zero-order valence-corrected chi connectivity index (χ0v) is 19.8. The average Bonchev–Trinajstić information content (AvgIpc) is 3.45. The molecule has 0 aliphatic heterocycles. The van der Waals surface area contributed by atoms with Crippen LogP contribution in [0.1, 0.15) is 38.1 Å². The van der Waals surface area contributed by atoms with Gasteiger partial charge in [-0.1, -0.05) is 60.1 Å². The number of hydrogen-bond donors (Lipinski definition) is 1. The van der Waals surface area contributed by atoms with Crippen LogP contribution in [0.5, 0.6) is 0 Å². The number of aromatic nitrogens is 2. The van der Waals surface area contributed by atoms with Gasteiger partial charge in [0, 0.05) is 4.88 Å². The first-order chi connectivity index (χ1) is 16.4. The summed E-state index contributed by atoms with van der Waals surface area (Å²) in [6, 6.07) is 18.7. The van der Waals surface area contributed by atoms with Crippen molar-refractivity contribution in [2.24, 2.45) is 0 Å². The Morgan fingerprint density at radius 1 is 1.12 bits per heavy atom. The third-order valence-corrected chi connectivity index (χ3v) is 6.44. The first kappa shape index (κ1) is 23.7. The van der Waals surface area contributed by atoms with Gasteiger partial charge >= 0.3 is 5.97 Å². The SMILES string of the molecule is Cc1nn(Cc2ccccc2)c(Cl)c1C(=O)OCC(=O)NC(c1ccc(F)cc1)c1cccs1. The number of thiophene rings is 1. The summed E-state index contributed by atoms with van der Waals surface area (Å²) in [5.74, 6) is -1.60. The maximum absolute atomic E-state index is 13.4. The van der Waals surface area contributed by atoms with Crippen molar-refractivity contribution >= 4 is 34.8 Å². The van der Waals surface area contributed by atoms with Crippen LogP contribution >= 0.6 is 22.9 Å². The van der Waals surface area contributed by atoms with Gasteiger partial charge in [0.2, 0.25) is 0 Å². The molecule has 174 valence electrons. The fourth-order valence-corrected chi connectivity index (χ4v) is 4.60. The largest absolute Gasteiger partial charge is 0.452 e. The van der Waals surface area contributed by atoms with E-state index in [9.17, 15) is 14.0 Å². The highest BCUT2D eigenvalue weighted by Crippen LogP contribution is 2.26. The second kappa shape index (κ2) is 10.6. The van der Waals surface area contributed by atoms with Crippen LogP contribution in [0.2, 0.25) is 5.15 Å². The number of carbonyl (C=O) groups is 2. The minimum absolute atomic E-state index is 0.124. The Morgan fingerprint density at radius 3 is 2.53 bits per heavy atom. The molecule has 0 aliphatic carbocycles. The van der Waals surface area contributed by atoms with Gasteiger partial charge in [-0.3, -0.25) is 4.79 Å². The van der Waals surface area contributed by atoms with E-state index in [1.54, 1.807) is 19.1 Å². The molecule has 4 aromatic rings. The van der Waals surface area contributed by atoms with Crippen molar-refractivity contribution in [2.45, 2.75) is 19.5 Å². The highest BCUT2D eigenvalue weighted by Gasteiger charge is 2.24. The molecule has 0 spiro atoms. The quantitative estimate of drug-likeness (QED) is 0.341. The van der Waals surface area contributed by atoms with Crippen LogP contribution in [0.3, 0.4) is 0 Å². The van der Waals surface area contributed by atoms with E-state index < -0.39 is 24.5 Å².